The molecule has 0 amide bonds. The van der Waals surface area contributed by atoms with E-state index in [1.807, 2.05) is 12.1 Å². The molecule has 2 heteroatoms. The van der Waals surface area contributed by atoms with Crippen LogP contribution in [0.25, 0.3) is 0 Å². The molecule has 3 rings (SSSR count). The number of benzene rings is 1. The fourth-order valence-corrected chi connectivity index (χ4v) is 6.00. The van der Waals surface area contributed by atoms with Crippen molar-refractivity contribution in [2.24, 2.45) is 23.7 Å². The average Bonchev–Trinajstić information content (AvgIpc) is 2.72. The van der Waals surface area contributed by atoms with Crippen LogP contribution in [0.2, 0.25) is 0 Å². The molecule has 0 saturated heterocycles. The molecule has 1 aromatic rings. The molecule has 2 aliphatic rings. The van der Waals surface area contributed by atoms with Gasteiger partial charge in [0.15, 0.2) is 11.5 Å². The number of phenols is 2. The highest BCUT2D eigenvalue weighted by atomic mass is 16.3. The molecule has 2 N–H and O–H groups in total. The van der Waals surface area contributed by atoms with E-state index in [0.717, 1.165) is 60.5 Å². The number of rotatable bonds is 8. The van der Waals surface area contributed by atoms with Crippen molar-refractivity contribution >= 4 is 0 Å². The fourth-order valence-electron chi connectivity index (χ4n) is 6.00. The summed E-state index contributed by atoms with van der Waals surface area (Å²) in [5.74, 6) is 4.03. The van der Waals surface area contributed by atoms with Gasteiger partial charge in [-0.3, -0.25) is 0 Å². The zero-order valence-corrected chi connectivity index (χ0v) is 18.3. The lowest BCUT2D eigenvalue weighted by Crippen LogP contribution is -2.26. The third-order valence-corrected chi connectivity index (χ3v) is 7.81. The van der Waals surface area contributed by atoms with Gasteiger partial charge in [-0.15, -0.1) is 0 Å². The van der Waals surface area contributed by atoms with Gasteiger partial charge in [0.2, 0.25) is 0 Å². The van der Waals surface area contributed by atoms with E-state index in [-0.39, 0.29) is 11.5 Å². The number of phenolic OH excluding ortho intramolecular Hbond substituents is 2. The molecule has 2 saturated carbocycles. The maximum Gasteiger partial charge on any atom is 0.160 e. The lowest BCUT2D eigenvalue weighted by Gasteiger charge is -2.38. The van der Waals surface area contributed by atoms with Crippen LogP contribution in [-0.2, 0) is 12.8 Å². The summed E-state index contributed by atoms with van der Waals surface area (Å²) in [5, 5.41) is 20.6. The Bertz CT molecular complexity index is 593. The topological polar surface area (TPSA) is 40.5 Å². The van der Waals surface area contributed by atoms with Gasteiger partial charge in [-0.1, -0.05) is 70.9 Å². The number of hydrogen-bond donors (Lipinski definition) is 2. The number of aromatic hydroxyl groups is 2. The van der Waals surface area contributed by atoms with E-state index in [9.17, 15) is 10.2 Å². The van der Waals surface area contributed by atoms with Crippen LogP contribution in [0, 0.1) is 23.7 Å². The van der Waals surface area contributed by atoms with Crippen LogP contribution < -0.4 is 0 Å². The molecule has 0 aromatic heterocycles. The van der Waals surface area contributed by atoms with Crippen molar-refractivity contribution in [3.63, 3.8) is 0 Å². The summed E-state index contributed by atoms with van der Waals surface area (Å²) in [6.07, 6.45) is 18.1. The summed E-state index contributed by atoms with van der Waals surface area (Å²) in [6, 6.07) is 4.03. The molecule has 28 heavy (non-hydrogen) atoms. The van der Waals surface area contributed by atoms with Gasteiger partial charge in [0.05, 0.1) is 0 Å². The quantitative estimate of drug-likeness (QED) is 0.457. The summed E-state index contributed by atoms with van der Waals surface area (Å²) < 4.78 is 0. The van der Waals surface area contributed by atoms with Gasteiger partial charge in [-0.2, -0.15) is 0 Å². The van der Waals surface area contributed by atoms with E-state index in [2.05, 4.69) is 13.8 Å². The molecule has 0 radical (unpaired) electrons. The van der Waals surface area contributed by atoms with E-state index in [1.165, 1.54) is 64.2 Å². The molecule has 0 spiro atoms. The standard InChI is InChI=1S/C26H42O2/c1-3-5-19-7-12-21(13-8-19)22-14-9-20(10-15-22)11-16-24-18-17-23(6-4-2)25(27)26(24)28/h17-22,27-28H,3-16H2,1-2H3. The maximum absolute atomic E-state index is 10.4. The van der Waals surface area contributed by atoms with Gasteiger partial charge in [-0.25, -0.2) is 0 Å². The average molecular weight is 387 g/mol. The summed E-state index contributed by atoms with van der Waals surface area (Å²) >= 11 is 0. The molecular formula is C26H42O2. The Morgan fingerprint density at radius 1 is 0.643 bits per heavy atom. The minimum absolute atomic E-state index is 0.113. The minimum atomic E-state index is 0.113. The highest BCUT2D eigenvalue weighted by Crippen LogP contribution is 2.43. The molecule has 1 aromatic carbocycles. The molecule has 0 aliphatic heterocycles. The van der Waals surface area contributed by atoms with Crippen LogP contribution in [0.15, 0.2) is 12.1 Å². The monoisotopic (exact) mass is 386 g/mol. The van der Waals surface area contributed by atoms with E-state index in [1.54, 1.807) is 0 Å². The van der Waals surface area contributed by atoms with Gasteiger partial charge >= 0.3 is 0 Å². The first-order valence-electron chi connectivity index (χ1n) is 12.1. The van der Waals surface area contributed by atoms with Crippen molar-refractivity contribution in [1.29, 1.82) is 0 Å². The predicted molar refractivity (Wildman–Crippen MR) is 118 cm³/mol. The van der Waals surface area contributed by atoms with Crippen LogP contribution in [-0.4, -0.2) is 10.2 Å². The molecule has 158 valence electrons. The van der Waals surface area contributed by atoms with Crippen molar-refractivity contribution in [1.82, 2.24) is 0 Å². The third-order valence-electron chi connectivity index (χ3n) is 7.81. The smallest absolute Gasteiger partial charge is 0.160 e. The Labute approximate surface area is 172 Å². The zero-order valence-electron chi connectivity index (χ0n) is 18.3. The second-order valence-electron chi connectivity index (χ2n) is 9.72. The first-order chi connectivity index (χ1) is 13.6. The molecule has 0 unspecified atom stereocenters. The van der Waals surface area contributed by atoms with Crippen LogP contribution in [0.4, 0.5) is 0 Å². The molecule has 2 aliphatic carbocycles. The fraction of sp³-hybridized carbons (Fsp3) is 0.769. The summed E-state index contributed by atoms with van der Waals surface area (Å²) in [4.78, 5) is 0. The second kappa shape index (κ2) is 10.6. The Morgan fingerprint density at radius 2 is 1.11 bits per heavy atom. The third kappa shape index (κ3) is 5.45. The zero-order chi connectivity index (χ0) is 19.9. The summed E-state index contributed by atoms with van der Waals surface area (Å²) in [6.45, 7) is 4.42. The molecule has 2 nitrogen and oxygen atoms in total. The highest BCUT2D eigenvalue weighted by molar-refractivity contribution is 5.50. The van der Waals surface area contributed by atoms with Crippen molar-refractivity contribution in [3.05, 3.63) is 23.3 Å². The number of aryl methyl sites for hydroxylation is 2. The first-order valence-corrected chi connectivity index (χ1v) is 12.1. The van der Waals surface area contributed by atoms with Gasteiger partial charge in [0.25, 0.3) is 0 Å². The van der Waals surface area contributed by atoms with Crippen molar-refractivity contribution in [2.45, 2.75) is 104 Å². The van der Waals surface area contributed by atoms with Crippen molar-refractivity contribution in [3.8, 4) is 11.5 Å². The second-order valence-corrected chi connectivity index (χ2v) is 9.72. The van der Waals surface area contributed by atoms with E-state index < -0.39 is 0 Å². The Morgan fingerprint density at radius 3 is 1.57 bits per heavy atom. The Kier molecular flexibility index (Phi) is 8.11. The van der Waals surface area contributed by atoms with Gasteiger partial charge in [0, 0.05) is 0 Å². The van der Waals surface area contributed by atoms with Crippen LogP contribution in [0.3, 0.4) is 0 Å². The van der Waals surface area contributed by atoms with E-state index >= 15 is 0 Å². The van der Waals surface area contributed by atoms with E-state index in [0.29, 0.717) is 0 Å². The van der Waals surface area contributed by atoms with Crippen LogP contribution in [0.5, 0.6) is 11.5 Å². The largest absolute Gasteiger partial charge is 0.504 e. The highest BCUT2D eigenvalue weighted by Gasteiger charge is 2.30. The van der Waals surface area contributed by atoms with Gasteiger partial charge < -0.3 is 10.2 Å². The summed E-state index contributed by atoms with van der Waals surface area (Å²) in [5.41, 5.74) is 1.80. The molecule has 2 fully saturated rings. The van der Waals surface area contributed by atoms with Crippen LogP contribution in [0.1, 0.15) is 102 Å². The number of hydrogen-bond acceptors (Lipinski definition) is 2. The first kappa shape index (κ1) is 21.5. The van der Waals surface area contributed by atoms with Gasteiger partial charge in [-0.05, 0) is 79.7 Å². The minimum Gasteiger partial charge on any atom is -0.504 e. The molecule has 0 bridgehead atoms. The van der Waals surface area contributed by atoms with Crippen molar-refractivity contribution in [2.75, 3.05) is 0 Å². The SMILES string of the molecule is CCCc1ccc(CCC2CCC(C3CCC(CCC)CC3)CC2)c(O)c1O. The predicted octanol–water partition coefficient (Wildman–Crippen LogP) is 7.40. The van der Waals surface area contributed by atoms with Gasteiger partial charge in [0.1, 0.15) is 0 Å². The normalized spacial score (nSPS) is 28.4. The maximum atomic E-state index is 10.4. The Balaban J connectivity index is 1.42. The molecular weight excluding hydrogens is 344 g/mol. The summed E-state index contributed by atoms with van der Waals surface area (Å²) in [7, 11) is 0. The molecule has 0 heterocycles. The van der Waals surface area contributed by atoms with Crippen molar-refractivity contribution < 1.29 is 10.2 Å². The van der Waals surface area contributed by atoms with Crippen LogP contribution >= 0.6 is 0 Å². The lowest BCUT2D eigenvalue weighted by molar-refractivity contribution is 0.141. The molecule has 0 atom stereocenters. The van der Waals surface area contributed by atoms with E-state index in [4.69, 9.17) is 0 Å². The Hall–Kier alpha value is -1.18. The lowest BCUT2D eigenvalue weighted by atomic mass is 9.68.